The molecule has 3 aromatic rings. The summed E-state index contributed by atoms with van der Waals surface area (Å²) in [6.07, 6.45) is 10.5. The quantitative estimate of drug-likeness (QED) is 0.532. The lowest BCUT2D eigenvalue weighted by Crippen LogP contribution is -2.21. The Bertz CT molecular complexity index is 894. The number of anilines is 2. The maximum atomic E-state index is 6.22. The Kier molecular flexibility index (Phi) is 7.29. The maximum Gasteiger partial charge on any atom is 0.236 e. The highest BCUT2D eigenvalue weighted by Crippen LogP contribution is 2.33. The Morgan fingerprint density at radius 3 is 2.55 bits per heavy atom. The van der Waals surface area contributed by atoms with Crippen molar-refractivity contribution in [3.05, 3.63) is 23.2 Å². The van der Waals surface area contributed by atoms with Crippen molar-refractivity contribution in [2.45, 2.75) is 64.4 Å². The van der Waals surface area contributed by atoms with Gasteiger partial charge in [-0.25, -0.2) is 4.98 Å². The molecule has 158 valence electrons. The molecule has 1 saturated heterocycles. The molecular weight excluding hydrogens is 402 g/mol. The van der Waals surface area contributed by atoms with Crippen LogP contribution in [-0.4, -0.2) is 33.5 Å². The van der Waals surface area contributed by atoms with Crippen LogP contribution in [0.25, 0.3) is 10.2 Å². The zero-order chi connectivity index (χ0) is 19.9. The van der Waals surface area contributed by atoms with E-state index in [4.69, 9.17) is 4.74 Å². The SMILES string of the molecule is C1CCNCC1.Cc1cc(Nc2nc(OC3CCCCC3)c3sccc3n2)sn1.[HH]. The van der Waals surface area contributed by atoms with Crippen molar-refractivity contribution in [3.8, 4) is 5.88 Å². The van der Waals surface area contributed by atoms with Crippen LogP contribution in [0.1, 0.15) is 58.5 Å². The van der Waals surface area contributed by atoms with Gasteiger partial charge in [-0.1, -0.05) is 12.8 Å². The molecule has 29 heavy (non-hydrogen) atoms. The highest BCUT2D eigenvalue weighted by atomic mass is 32.1. The van der Waals surface area contributed by atoms with Crippen LogP contribution in [0.15, 0.2) is 17.5 Å². The zero-order valence-corrected chi connectivity index (χ0v) is 18.6. The van der Waals surface area contributed by atoms with E-state index in [1.165, 1.54) is 63.1 Å². The molecule has 0 atom stereocenters. The average Bonchev–Trinajstić information content (AvgIpc) is 3.39. The van der Waals surface area contributed by atoms with E-state index in [0.717, 1.165) is 33.8 Å². The van der Waals surface area contributed by atoms with Crippen LogP contribution in [0.4, 0.5) is 10.9 Å². The molecule has 8 heteroatoms. The molecule has 6 nitrogen and oxygen atoms in total. The van der Waals surface area contributed by atoms with Crippen molar-refractivity contribution in [3.63, 3.8) is 0 Å². The average molecular weight is 434 g/mol. The third-order valence-corrected chi connectivity index (χ3v) is 6.86. The third-order valence-electron chi connectivity index (χ3n) is 5.17. The fourth-order valence-corrected chi connectivity index (χ4v) is 5.06. The summed E-state index contributed by atoms with van der Waals surface area (Å²) >= 11 is 3.05. The van der Waals surface area contributed by atoms with Gasteiger partial charge in [-0.3, -0.25) is 0 Å². The number of rotatable bonds is 4. The molecule has 0 amide bonds. The van der Waals surface area contributed by atoms with Gasteiger partial charge < -0.3 is 15.4 Å². The van der Waals surface area contributed by atoms with Crippen LogP contribution in [0.2, 0.25) is 0 Å². The summed E-state index contributed by atoms with van der Waals surface area (Å²) in [5.41, 5.74) is 1.92. The molecule has 1 aliphatic carbocycles. The Labute approximate surface area is 181 Å². The van der Waals surface area contributed by atoms with Gasteiger partial charge in [0.2, 0.25) is 11.8 Å². The summed E-state index contributed by atoms with van der Waals surface area (Å²) in [6, 6.07) is 4.01. The van der Waals surface area contributed by atoms with E-state index in [1.54, 1.807) is 11.3 Å². The lowest BCUT2D eigenvalue weighted by Gasteiger charge is -2.22. The molecule has 5 rings (SSSR count). The molecule has 1 saturated carbocycles. The largest absolute Gasteiger partial charge is 0.473 e. The Hall–Kier alpha value is -1.77. The number of nitrogens with one attached hydrogen (secondary N) is 2. The highest BCUT2D eigenvalue weighted by Gasteiger charge is 2.19. The van der Waals surface area contributed by atoms with Gasteiger partial charge in [0.25, 0.3) is 0 Å². The standard InChI is InChI=1S/C16H18N4OS2.C5H11N.H2/c1-10-9-13(23-20-10)18-16-17-12-7-8-22-14(12)15(19-16)21-11-5-3-2-4-6-11;1-2-4-6-5-3-1;/h7-9,11H,2-6H2,1H3,(H,17,18,19);6H,1-5H2;1H. The van der Waals surface area contributed by atoms with Crippen molar-refractivity contribution in [1.29, 1.82) is 0 Å². The van der Waals surface area contributed by atoms with Crippen LogP contribution in [-0.2, 0) is 0 Å². The number of aromatic nitrogens is 3. The van der Waals surface area contributed by atoms with E-state index in [0.29, 0.717) is 11.8 Å². The molecule has 3 aromatic heterocycles. The number of thiophene rings is 1. The number of piperidine rings is 1. The molecular formula is C21H31N5OS2. The summed E-state index contributed by atoms with van der Waals surface area (Å²) in [7, 11) is 0. The number of aryl methyl sites for hydroxylation is 1. The van der Waals surface area contributed by atoms with Gasteiger partial charge in [-0.2, -0.15) is 9.36 Å². The van der Waals surface area contributed by atoms with Gasteiger partial charge in [-0.15, -0.1) is 11.3 Å². The molecule has 0 radical (unpaired) electrons. The molecule has 2 N–H and O–H groups in total. The number of fused-ring (bicyclic) bond motifs is 1. The first-order valence-corrected chi connectivity index (χ1v) is 12.3. The maximum absolute atomic E-state index is 6.22. The first-order valence-electron chi connectivity index (χ1n) is 10.6. The molecule has 0 spiro atoms. The third kappa shape index (κ3) is 5.87. The predicted octanol–water partition coefficient (Wildman–Crippen LogP) is 5.92. The van der Waals surface area contributed by atoms with Gasteiger partial charge in [0, 0.05) is 1.43 Å². The fraction of sp³-hybridized carbons (Fsp3) is 0.571. The number of nitrogens with zero attached hydrogens (tertiary/aromatic N) is 3. The minimum absolute atomic E-state index is 0. The van der Waals surface area contributed by atoms with Crippen LogP contribution in [0.5, 0.6) is 5.88 Å². The Morgan fingerprint density at radius 1 is 1.10 bits per heavy atom. The minimum atomic E-state index is 0. The van der Waals surface area contributed by atoms with Crippen molar-refractivity contribution in [2.24, 2.45) is 0 Å². The normalized spacial score (nSPS) is 17.6. The Morgan fingerprint density at radius 2 is 1.90 bits per heavy atom. The summed E-state index contributed by atoms with van der Waals surface area (Å²) in [6.45, 7) is 4.47. The zero-order valence-electron chi connectivity index (χ0n) is 16.9. The van der Waals surface area contributed by atoms with E-state index in [-0.39, 0.29) is 7.53 Å². The monoisotopic (exact) mass is 433 g/mol. The van der Waals surface area contributed by atoms with Crippen molar-refractivity contribution in [1.82, 2.24) is 19.7 Å². The van der Waals surface area contributed by atoms with Gasteiger partial charge in [0.05, 0.1) is 11.2 Å². The smallest absolute Gasteiger partial charge is 0.236 e. The van der Waals surface area contributed by atoms with Crippen LogP contribution in [0.3, 0.4) is 0 Å². The van der Waals surface area contributed by atoms with Gasteiger partial charge >= 0.3 is 0 Å². The molecule has 2 aliphatic rings. The van der Waals surface area contributed by atoms with Crippen molar-refractivity contribution >= 4 is 44.0 Å². The summed E-state index contributed by atoms with van der Waals surface area (Å²) in [5.74, 6) is 1.28. The highest BCUT2D eigenvalue weighted by molar-refractivity contribution is 7.17. The molecule has 0 unspecified atom stereocenters. The lowest BCUT2D eigenvalue weighted by molar-refractivity contribution is 0.151. The minimum Gasteiger partial charge on any atom is -0.473 e. The van der Waals surface area contributed by atoms with Crippen LogP contribution < -0.4 is 15.4 Å². The topological polar surface area (TPSA) is 72.0 Å². The summed E-state index contributed by atoms with van der Waals surface area (Å²) in [4.78, 5) is 9.20. The number of ether oxygens (including phenoxy) is 1. The molecule has 1 aliphatic heterocycles. The molecule has 2 fully saturated rings. The molecule has 0 bridgehead atoms. The van der Waals surface area contributed by atoms with Gasteiger partial charge in [0.1, 0.15) is 15.8 Å². The van der Waals surface area contributed by atoms with Crippen molar-refractivity contribution < 1.29 is 6.16 Å². The second-order valence-electron chi connectivity index (χ2n) is 7.63. The summed E-state index contributed by atoms with van der Waals surface area (Å²) < 4.78 is 11.5. The van der Waals surface area contributed by atoms with Crippen molar-refractivity contribution in [2.75, 3.05) is 18.4 Å². The van der Waals surface area contributed by atoms with Crippen LogP contribution >= 0.6 is 22.9 Å². The van der Waals surface area contributed by atoms with E-state index < -0.39 is 0 Å². The second-order valence-corrected chi connectivity index (χ2v) is 9.35. The second kappa shape index (κ2) is 10.3. The molecule has 4 heterocycles. The van der Waals surface area contributed by atoms with E-state index in [2.05, 4.69) is 25.0 Å². The van der Waals surface area contributed by atoms with Gasteiger partial charge in [0.15, 0.2) is 0 Å². The lowest BCUT2D eigenvalue weighted by atomic mass is 9.98. The van der Waals surface area contributed by atoms with E-state index >= 15 is 0 Å². The molecule has 0 aromatic carbocycles. The summed E-state index contributed by atoms with van der Waals surface area (Å²) in [5, 5.41) is 9.51. The van der Waals surface area contributed by atoms with Crippen LogP contribution in [0, 0.1) is 6.92 Å². The Balaban J connectivity index is 0.000000317. The fourth-order valence-electron chi connectivity index (χ4n) is 3.65. The number of hydrogen-bond acceptors (Lipinski definition) is 8. The first kappa shape index (κ1) is 20.5. The van der Waals surface area contributed by atoms with E-state index in [1.807, 2.05) is 24.4 Å². The van der Waals surface area contributed by atoms with Gasteiger partial charge in [-0.05, 0) is 87.6 Å². The predicted molar refractivity (Wildman–Crippen MR) is 124 cm³/mol. The first-order chi connectivity index (χ1) is 14.3. The number of hydrogen-bond donors (Lipinski definition) is 2. The van der Waals surface area contributed by atoms with E-state index in [9.17, 15) is 0 Å².